The number of para-hydroxylation sites is 1. The summed E-state index contributed by atoms with van der Waals surface area (Å²) in [5, 5.41) is 0. The van der Waals surface area contributed by atoms with Crippen molar-refractivity contribution in [2.24, 2.45) is 5.41 Å². The summed E-state index contributed by atoms with van der Waals surface area (Å²) < 4.78 is 0. The molecule has 0 N–H and O–H groups in total. The fraction of sp³-hybridized carbons (Fsp3) is 0.357. The number of rotatable bonds is 2. The molecule has 1 atom stereocenters. The van der Waals surface area contributed by atoms with Gasteiger partial charge in [0.25, 0.3) is 0 Å². The minimum atomic E-state index is -0.315. The Morgan fingerprint density at radius 1 is 1.31 bits per heavy atom. The van der Waals surface area contributed by atoms with Gasteiger partial charge in [-0.25, -0.2) is 0 Å². The topological polar surface area (TPSA) is 20.3 Å². The SMILES string of the molecule is CN(C(=O)[C@]1(C)C=CCC1)c1ccccc1. The maximum absolute atomic E-state index is 12.3. The van der Waals surface area contributed by atoms with E-state index in [1.165, 1.54) is 0 Å². The van der Waals surface area contributed by atoms with Crippen molar-refractivity contribution in [1.82, 2.24) is 0 Å². The second-order valence-corrected chi connectivity index (χ2v) is 4.56. The molecule has 1 amide bonds. The van der Waals surface area contributed by atoms with E-state index in [-0.39, 0.29) is 11.3 Å². The monoisotopic (exact) mass is 215 g/mol. The number of benzene rings is 1. The smallest absolute Gasteiger partial charge is 0.236 e. The van der Waals surface area contributed by atoms with E-state index in [9.17, 15) is 4.79 Å². The molecular formula is C14H17NO. The molecule has 2 rings (SSSR count). The summed E-state index contributed by atoms with van der Waals surface area (Å²) in [6, 6.07) is 9.77. The molecule has 1 aliphatic rings. The minimum absolute atomic E-state index is 0.174. The highest BCUT2D eigenvalue weighted by Crippen LogP contribution is 2.34. The number of nitrogens with zero attached hydrogens (tertiary/aromatic N) is 1. The highest BCUT2D eigenvalue weighted by molar-refractivity contribution is 5.98. The van der Waals surface area contributed by atoms with Gasteiger partial charge in [0.05, 0.1) is 5.41 Å². The van der Waals surface area contributed by atoms with E-state index in [1.54, 1.807) is 4.90 Å². The van der Waals surface area contributed by atoms with Crippen molar-refractivity contribution >= 4 is 11.6 Å². The van der Waals surface area contributed by atoms with Crippen LogP contribution in [0.15, 0.2) is 42.5 Å². The van der Waals surface area contributed by atoms with Crippen LogP contribution in [0.1, 0.15) is 19.8 Å². The second kappa shape index (κ2) is 4.12. The summed E-state index contributed by atoms with van der Waals surface area (Å²) in [6.07, 6.45) is 6.05. The van der Waals surface area contributed by atoms with Crippen LogP contribution in [-0.2, 0) is 4.79 Å². The Morgan fingerprint density at radius 3 is 2.56 bits per heavy atom. The van der Waals surface area contributed by atoms with Gasteiger partial charge in [-0.15, -0.1) is 0 Å². The molecule has 1 aromatic rings. The van der Waals surface area contributed by atoms with Gasteiger partial charge < -0.3 is 4.90 Å². The summed E-state index contributed by atoms with van der Waals surface area (Å²) >= 11 is 0. The molecule has 0 aromatic heterocycles. The largest absolute Gasteiger partial charge is 0.315 e. The van der Waals surface area contributed by atoms with Crippen molar-refractivity contribution < 1.29 is 4.79 Å². The fourth-order valence-corrected chi connectivity index (χ4v) is 2.14. The lowest BCUT2D eigenvalue weighted by Crippen LogP contribution is -2.38. The van der Waals surface area contributed by atoms with Crippen LogP contribution < -0.4 is 4.90 Å². The molecule has 0 saturated carbocycles. The van der Waals surface area contributed by atoms with Gasteiger partial charge >= 0.3 is 0 Å². The zero-order chi connectivity index (χ0) is 11.6. The van der Waals surface area contributed by atoms with Gasteiger partial charge in [-0.05, 0) is 31.9 Å². The van der Waals surface area contributed by atoms with Crippen LogP contribution in [0.25, 0.3) is 0 Å². The average molecular weight is 215 g/mol. The van der Waals surface area contributed by atoms with Crippen LogP contribution in [0.3, 0.4) is 0 Å². The molecule has 0 spiro atoms. The number of amides is 1. The number of carbonyl (C=O) groups excluding carboxylic acids is 1. The molecule has 2 heteroatoms. The molecule has 0 aliphatic heterocycles. The molecule has 1 aromatic carbocycles. The standard InChI is InChI=1S/C14H17NO/c1-14(10-6-7-11-14)13(16)15(2)12-8-4-3-5-9-12/h3-6,8-10H,7,11H2,1-2H3/t14-/m1/s1. The molecule has 84 valence electrons. The Kier molecular flexibility index (Phi) is 2.82. The molecule has 0 heterocycles. The van der Waals surface area contributed by atoms with Crippen LogP contribution in [0, 0.1) is 5.41 Å². The van der Waals surface area contributed by atoms with Crippen molar-refractivity contribution in [2.75, 3.05) is 11.9 Å². The van der Waals surface area contributed by atoms with Crippen LogP contribution in [0.4, 0.5) is 5.69 Å². The van der Waals surface area contributed by atoms with Crippen molar-refractivity contribution in [1.29, 1.82) is 0 Å². The zero-order valence-electron chi connectivity index (χ0n) is 9.81. The lowest BCUT2D eigenvalue weighted by atomic mass is 9.88. The predicted molar refractivity (Wildman–Crippen MR) is 66.3 cm³/mol. The Balaban J connectivity index is 2.20. The second-order valence-electron chi connectivity index (χ2n) is 4.56. The van der Waals surface area contributed by atoms with Gasteiger partial charge in [-0.2, -0.15) is 0 Å². The lowest BCUT2D eigenvalue weighted by Gasteiger charge is -2.27. The quantitative estimate of drug-likeness (QED) is 0.694. The van der Waals surface area contributed by atoms with Gasteiger partial charge in [0, 0.05) is 12.7 Å². The number of anilines is 1. The number of allylic oxidation sites excluding steroid dienone is 1. The van der Waals surface area contributed by atoms with Crippen LogP contribution in [0.2, 0.25) is 0 Å². The predicted octanol–water partition coefficient (Wildman–Crippen LogP) is 3.01. The van der Waals surface area contributed by atoms with Gasteiger partial charge in [-0.1, -0.05) is 30.4 Å². The fourth-order valence-electron chi connectivity index (χ4n) is 2.14. The zero-order valence-corrected chi connectivity index (χ0v) is 9.81. The van der Waals surface area contributed by atoms with E-state index in [1.807, 2.05) is 50.4 Å². The molecule has 0 fully saturated rings. The highest BCUT2D eigenvalue weighted by Gasteiger charge is 2.35. The van der Waals surface area contributed by atoms with Crippen LogP contribution >= 0.6 is 0 Å². The number of carbonyl (C=O) groups is 1. The van der Waals surface area contributed by atoms with Gasteiger partial charge in [0.1, 0.15) is 0 Å². The first-order valence-electron chi connectivity index (χ1n) is 5.64. The van der Waals surface area contributed by atoms with Gasteiger partial charge in [0.15, 0.2) is 0 Å². The summed E-state index contributed by atoms with van der Waals surface area (Å²) in [7, 11) is 1.84. The van der Waals surface area contributed by atoms with Crippen molar-refractivity contribution in [3.63, 3.8) is 0 Å². The Labute approximate surface area is 96.6 Å². The molecule has 0 unspecified atom stereocenters. The molecule has 0 saturated heterocycles. The maximum Gasteiger partial charge on any atom is 0.236 e. The average Bonchev–Trinajstić information content (AvgIpc) is 2.77. The van der Waals surface area contributed by atoms with Crippen LogP contribution in [-0.4, -0.2) is 13.0 Å². The molecule has 0 bridgehead atoms. The van der Waals surface area contributed by atoms with Gasteiger partial charge in [0.2, 0.25) is 5.91 Å². The summed E-state index contributed by atoms with van der Waals surface area (Å²) in [5.41, 5.74) is 0.638. The van der Waals surface area contributed by atoms with E-state index < -0.39 is 0 Å². The minimum Gasteiger partial charge on any atom is -0.315 e. The maximum atomic E-state index is 12.3. The van der Waals surface area contributed by atoms with E-state index in [2.05, 4.69) is 6.08 Å². The number of hydrogen-bond acceptors (Lipinski definition) is 1. The molecule has 2 nitrogen and oxygen atoms in total. The molecular weight excluding hydrogens is 198 g/mol. The normalized spacial score (nSPS) is 23.4. The Hall–Kier alpha value is -1.57. The Bertz CT molecular complexity index is 410. The van der Waals surface area contributed by atoms with Crippen molar-refractivity contribution in [3.05, 3.63) is 42.5 Å². The lowest BCUT2D eigenvalue weighted by molar-refractivity contribution is -0.124. The highest BCUT2D eigenvalue weighted by atomic mass is 16.2. The Morgan fingerprint density at radius 2 is 2.00 bits per heavy atom. The van der Waals surface area contributed by atoms with E-state index >= 15 is 0 Å². The third-order valence-corrected chi connectivity index (χ3v) is 3.25. The van der Waals surface area contributed by atoms with E-state index in [0.717, 1.165) is 18.5 Å². The third kappa shape index (κ3) is 1.87. The van der Waals surface area contributed by atoms with Gasteiger partial charge in [-0.3, -0.25) is 4.79 Å². The third-order valence-electron chi connectivity index (χ3n) is 3.25. The summed E-state index contributed by atoms with van der Waals surface area (Å²) in [4.78, 5) is 14.1. The van der Waals surface area contributed by atoms with E-state index in [4.69, 9.17) is 0 Å². The van der Waals surface area contributed by atoms with Crippen molar-refractivity contribution in [2.45, 2.75) is 19.8 Å². The molecule has 1 aliphatic carbocycles. The first-order chi connectivity index (χ1) is 7.63. The molecule has 0 radical (unpaired) electrons. The molecule has 16 heavy (non-hydrogen) atoms. The van der Waals surface area contributed by atoms with Crippen molar-refractivity contribution in [3.8, 4) is 0 Å². The first kappa shape index (κ1) is 10.9. The first-order valence-corrected chi connectivity index (χ1v) is 5.64. The van der Waals surface area contributed by atoms with Crippen LogP contribution in [0.5, 0.6) is 0 Å². The van der Waals surface area contributed by atoms with E-state index in [0.29, 0.717) is 0 Å². The number of hydrogen-bond donors (Lipinski definition) is 0. The summed E-state index contributed by atoms with van der Waals surface area (Å²) in [6.45, 7) is 2.01. The summed E-state index contributed by atoms with van der Waals surface area (Å²) in [5.74, 6) is 0.174.